The molecule has 1 aromatic carbocycles. The second-order valence-electron chi connectivity index (χ2n) is 7.40. The molecule has 2 N–H and O–H groups in total. The third kappa shape index (κ3) is 6.06. The monoisotopic (exact) mass is 442 g/mol. The maximum atomic E-state index is 12.6. The van der Waals surface area contributed by atoms with E-state index in [1.807, 2.05) is 24.3 Å². The van der Waals surface area contributed by atoms with Gasteiger partial charge in [-0.15, -0.1) is 11.3 Å². The summed E-state index contributed by atoms with van der Waals surface area (Å²) in [6.45, 7) is 0.00593. The summed E-state index contributed by atoms with van der Waals surface area (Å²) >= 11 is 1.48. The lowest BCUT2D eigenvalue weighted by molar-refractivity contribution is -0.118. The second-order valence-corrected chi connectivity index (χ2v) is 8.59. The van der Waals surface area contributed by atoms with Gasteiger partial charge in [-0.3, -0.25) is 4.79 Å². The van der Waals surface area contributed by atoms with Crippen molar-refractivity contribution >= 4 is 23.2 Å². The average Bonchev–Trinajstić information content (AvgIpc) is 3.12. The van der Waals surface area contributed by atoms with Crippen LogP contribution in [0.4, 0.5) is 4.79 Å². The minimum Gasteiger partial charge on any atom is -0.497 e. The molecule has 0 bridgehead atoms. The maximum Gasteiger partial charge on any atom is 0.407 e. The van der Waals surface area contributed by atoms with Crippen LogP contribution in [0.25, 0.3) is 0 Å². The lowest BCUT2D eigenvalue weighted by atomic mass is 9.92. The Hall–Kier alpha value is -2.89. The second kappa shape index (κ2) is 10.9. The van der Waals surface area contributed by atoms with Gasteiger partial charge in [0.25, 0.3) is 0 Å². The van der Waals surface area contributed by atoms with Gasteiger partial charge < -0.3 is 19.9 Å². The molecule has 0 spiro atoms. The van der Waals surface area contributed by atoms with E-state index in [0.29, 0.717) is 37.7 Å². The quantitative estimate of drug-likeness (QED) is 0.618. The highest BCUT2D eigenvalue weighted by Crippen LogP contribution is 2.35. The predicted octanol–water partition coefficient (Wildman–Crippen LogP) is 2.95. The van der Waals surface area contributed by atoms with Crippen molar-refractivity contribution in [2.24, 2.45) is 0 Å². The van der Waals surface area contributed by atoms with Crippen LogP contribution in [-0.2, 0) is 35.2 Å². The third-order valence-corrected chi connectivity index (χ3v) is 6.50. The molecule has 7 nitrogen and oxygen atoms in total. The van der Waals surface area contributed by atoms with Gasteiger partial charge in [0.15, 0.2) is 0 Å². The number of amides is 1. The number of ketones is 1. The molecule has 1 atom stereocenters. The number of carbonyl (C=O) groups excluding carboxylic acids is 2. The number of nitriles is 1. The summed E-state index contributed by atoms with van der Waals surface area (Å²) in [6.07, 6.45) is 2.27. The summed E-state index contributed by atoms with van der Waals surface area (Å²) < 4.78 is 10.6. The SMILES string of the molecule is COc1cccc(CCC(=O)Cc2sc3c(c2C#N)CCC(OC(=O)NCCO)C3)c1. The van der Waals surface area contributed by atoms with Crippen LogP contribution >= 0.6 is 11.3 Å². The molecule has 1 amide bonds. The predicted molar refractivity (Wildman–Crippen MR) is 116 cm³/mol. The average molecular weight is 443 g/mol. The number of aryl methyl sites for hydroxylation is 1. The Morgan fingerprint density at radius 1 is 1.39 bits per heavy atom. The first-order valence-electron chi connectivity index (χ1n) is 10.3. The molecule has 0 aliphatic heterocycles. The number of Topliss-reactive ketones (excluding diaryl/α,β-unsaturated/α-hetero) is 1. The number of methoxy groups -OCH3 is 1. The van der Waals surface area contributed by atoms with Crippen molar-refractivity contribution in [3.8, 4) is 11.8 Å². The van der Waals surface area contributed by atoms with Crippen LogP contribution in [0, 0.1) is 11.3 Å². The van der Waals surface area contributed by atoms with Crippen molar-refractivity contribution in [2.75, 3.05) is 20.3 Å². The van der Waals surface area contributed by atoms with Gasteiger partial charge in [0.1, 0.15) is 23.7 Å². The van der Waals surface area contributed by atoms with E-state index in [9.17, 15) is 14.9 Å². The van der Waals surface area contributed by atoms with Crippen LogP contribution in [0.5, 0.6) is 5.75 Å². The van der Waals surface area contributed by atoms with E-state index < -0.39 is 6.09 Å². The molecule has 1 heterocycles. The maximum absolute atomic E-state index is 12.6. The van der Waals surface area contributed by atoms with Crippen molar-refractivity contribution in [3.63, 3.8) is 0 Å². The lowest BCUT2D eigenvalue weighted by Gasteiger charge is -2.22. The Labute approximate surface area is 185 Å². The number of nitrogens with zero attached hydrogens (tertiary/aromatic N) is 1. The number of alkyl carbamates (subject to hydrolysis) is 1. The topological polar surface area (TPSA) is 109 Å². The largest absolute Gasteiger partial charge is 0.497 e. The fourth-order valence-electron chi connectivity index (χ4n) is 3.70. The molecule has 0 saturated carbocycles. The lowest BCUT2D eigenvalue weighted by Crippen LogP contribution is -2.33. The van der Waals surface area contributed by atoms with Crippen molar-refractivity contribution < 1.29 is 24.2 Å². The number of nitrogens with one attached hydrogen (secondary N) is 1. The molecular formula is C23H26N2O5S. The van der Waals surface area contributed by atoms with Crippen LogP contribution in [0.1, 0.15) is 39.3 Å². The van der Waals surface area contributed by atoms with E-state index in [-0.39, 0.29) is 31.5 Å². The van der Waals surface area contributed by atoms with Crippen LogP contribution in [0.3, 0.4) is 0 Å². The van der Waals surface area contributed by atoms with Gasteiger partial charge >= 0.3 is 6.09 Å². The van der Waals surface area contributed by atoms with Crippen LogP contribution in [0.15, 0.2) is 24.3 Å². The Kier molecular flexibility index (Phi) is 8.04. The normalized spacial score (nSPS) is 14.9. The van der Waals surface area contributed by atoms with Crippen LogP contribution in [-0.4, -0.2) is 43.3 Å². The van der Waals surface area contributed by atoms with Gasteiger partial charge in [-0.1, -0.05) is 12.1 Å². The van der Waals surface area contributed by atoms with Gasteiger partial charge in [0.2, 0.25) is 0 Å². The minimum atomic E-state index is -0.549. The first-order valence-corrected chi connectivity index (χ1v) is 11.1. The fourth-order valence-corrected chi connectivity index (χ4v) is 5.10. The number of ether oxygens (including phenoxy) is 2. The van der Waals surface area contributed by atoms with E-state index >= 15 is 0 Å². The Morgan fingerprint density at radius 2 is 2.23 bits per heavy atom. The number of aliphatic hydroxyl groups is 1. The molecule has 1 aromatic heterocycles. The summed E-state index contributed by atoms with van der Waals surface area (Å²) in [4.78, 5) is 26.2. The van der Waals surface area contributed by atoms with E-state index in [4.69, 9.17) is 14.6 Å². The van der Waals surface area contributed by atoms with Gasteiger partial charge in [0, 0.05) is 35.6 Å². The molecule has 1 aliphatic carbocycles. The molecule has 164 valence electrons. The van der Waals surface area contributed by atoms with Gasteiger partial charge in [-0.2, -0.15) is 5.26 Å². The standard InChI is InChI=1S/C23H26N2O5S/c1-29-17-4-2-3-15(11-17)5-6-16(27)12-21-20(14-24)19-8-7-18(13-22(19)31-21)30-23(28)25-9-10-26/h2-4,11,18,26H,5-10,12-13H2,1H3,(H,25,28). The highest BCUT2D eigenvalue weighted by Gasteiger charge is 2.28. The molecule has 0 fully saturated rings. The number of hydrogen-bond donors (Lipinski definition) is 2. The first kappa shape index (κ1) is 22.8. The number of carbonyl (C=O) groups is 2. The molecule has 1 aliphatic rings. The van der Waals surface area contributed by atoms with Crippen molar-refractivity contribution in [2.45, 2.75) is 44.6 Å². The molecule has 31 heavy (non-hydrogen) atoms. The number of hydrogen-bond acceptors (Lipinski definition) is 7. The third-order valence-electron chi connectivity index (χ3n) is 5.24. The molecule has 3 rings (SSSR count). The van der Waals surface area contributed by atoms with Crippen molar-refractivity contribution in [1.82, 2.24) is 5.32 Å². The number of thiophene rings is 1. The summed E-state index contributed by atoms with van der Waals surface area (Å²) in [5.74, 6) is 0.860. The Bertz CT molecular complexity index is 979. The van der Waals surface area contributed by atoms with Crippen molar-refractivity contribution in [3.05, 3.63) is 50.7 Å². The highest BCUT2D eigenvalue weighted by molar-refractivity contribution is 7.12. The van der Waals surface area contributed by atoms with E-state index in [1.165, 1.54) is 11.3 Å². The number of benzene rings is 1. The van der Waals surface area contributed by atoms with Gasteiger partial charge in [0.05, 0.1) is 19.3 Å². The summed E-state index contributed by atoms with van der Waals surface area (Å²) in [6, 6.07) is 9.94. The zero-order chi connectivity index (χ0) is 22.2. The molecule has 2 aromatic rings. The van der Waals surface area contributed by atoms with E-state index in [1.54, 1.807) is 7.11 Å². The summed E-state index contributed by atoms with van der Waals surface area (Å²) in [5, 5.41) is 20.9. The van der Waals surface area contributed by atoms with E-state index in [0.717, 1.165) is 26.6 Å². The Morgan fingerprint density at radius 3 is 2.97 bits per heavy atom. The smallest absolute Gasteiger partial charge is 0.407 e. The molecule has 0 radical (unpaired) electrons. The molecule has 8 heteroatoms. The minimum absolute atomic E-state index is 0.0918. The molecule has 0 saturated heterocycles. The zero-order valence-corrected chi connectivity index (χ0v) is 18.3. The fraction of sp³-hybridized carbons (Fsp3) is 0.435. The zero-order valence-electron chi connectivity index (χ0n) is 17.5. The summed E-state index contributed by atoms with van der Waals surface area (Å²) in [7, 11) is 1.61. The van der Waals surface area contributed by atoms with Crippen molar-refractivity contribution in [1.29, 1.82) is 5.26 Å². The number of fused-ring (bicyclic) bond motifs is 1. The highest BCUT2D eigenvalue weighted by atomic mass is 32.1. The van der Waals surface area contributed by atoms with E-state index in [2.05, 4.69) is 11.4 Å². The molecular weight excluding hydrogens is 416 g/mol. The van der Waals surface area contributed by atoms with Gasteiger partial charge in [-0.05, 0) is 42.5 Å². The number of rotatable bonds is 9. The van der Waals surface area contributed by atoms with Crippen LogP contribution < -0.4 is 10.1 Å². The van der Waals surface area contributed by atoms with Gasteiger partial charge in [-0.25, -0.2) is 4.79 Å². The first-order chi connectivity index (χ1) is 15.0. The summed E-state index contributed by atoms with van der Waals surface area (Å²) in [5.41, 5.74) is 2.63. The van der Waals surface area contributed by atoms with Crippen LogP contribution in [0.2, 0.25) is 0 Å². The number of aliphatic hydroxyl groups excluding tert-OH is 1. The molecule has 1 unspecified atom stereocenters. The Balaban J connectivity index is 1.60.